The van der Waals surface area contributed by atoms with Crippen LogP contribution in [0.4, 0.5) is 0 Å². The van der Waals surface area contributed by atoms with E-state index < -0.39 is 0 Å². The minimum atomic E-state index is -0.233. The smallest absolute Gasteiger partial charge is 0.252 e. The molecule has 0 aromatic heterocycles. The highest BCUT2D eigenvalue weighted by Gasteiger charge is 2.34. The molecule has 0 aliphatic carbocycles. The van der Waals surface area contributed by atoms with E-state index in [1.807, 2.05) is 41.5 Å². The van der Waals surface area contributed by atoms with Gasteiger partial charge in [-0.1, -0.05) is 61.3 Å². The Bertz CT molecular complexity index is 605. The molecule has 3 amide bonds. The molecule has 0 atom stereocenters. The second-order valence-electron chi connectivity index (χ2n) is 9.56. The van der Waals surface area contributed by atoms with Crippen molar-refractivity contribution in [3.05, 3.63) is 36.5 Å². The molecule has 168 valence electrons. The van der Waals surface area contributed by atoms with Gasteiger partial charge in [-0.05, 0) is 37.0 Å². The molecular formula is C24H39N3O3. The zero-order chi connectivity index (χ0) is 23.2. The Labute approximate surface area is 182 Å². The van der Waals surface area contributed by atoms with E-state index in [0.717, 1.165) is 0 Å². The molecule has 1 fully saturated rings. The molecule has 0 radical (unpaired) electrons. The lowest BCUT2D eigenvalue weighted by Crippen LogP contribution is -2.60. The zero-order valence-corrected chi connectivity index (χ0v) is 19.7. The van der Waals surface area contributed by atoms with E-state index in [0.29, 0.717) is 53.7 Å². The van der Waals surface area contributed by atoms with Gasteiger partial charge in [0.1, 0.15) is 0 Å². The van der Waals surface area contributed by atoms with Crippen LogP contribution >= 0.6 is 0 Å². The SMILES string of the molecule is C=C(CC(C)C)C(=O)N1CN(C(=O)C(=C)CC(C)C)CN(C(=O)C(=C)CC(C)C)C1. The molecule has 0 unspecified atom stereocenters. The first-order chi connectivity index (χ1) is 13.8. The molecule has 0 aromatic rings. The molecule has 0 N–H and O–H groups in total. The second-order valence-corrected chi connectivity index (χ2v) is 9.56. The normalized spacial score (nSPS) is 14.5. The van der Waals surface area contributed by atoms with Gasteiger partial charge in [0, 0.05) is 16.7 Å². The van der Waals surface area contributed by atoms with Crippen LogP contribution in [0.1, 0.15) is 60.8 Å². The maximum atomic E-state index is 13.0. The van der Waals surface area contributed by atoms with E-state index in [9.17, 15) is 14.4 Å². The molecular weight excluding hydrogens is 378 g/mol. The number of hydrogen-bond donors (Lipinski definition) is 0. The van der Waals surface area contributed by atoms with Crippen LogP contribution in [0.5, 0.6) is 0 Å². The first-order valence-electron chi connectivity index (χ1n) is 10.7. The van der Waals surface area contributed by atoms with Crippen molar-refractivity contribution in [3.8, 4) is 0 Å². The maximum Gasteiger partial charge on any atom is 0.252 e. The van der Waals surface area contributed by atoms with E-state index in [1.165, 1.54) is 14.7 Å². The summed E-state index contributed by atoms with van der Waals surface area (Å²) in [6, 6.07) is 0. The number of carbonyl (C=O) groups is 3. The molecule has 1 aliphatic rings. The number of rotatable bonds is 9. The molecule has 1 rings (SSSR count). The van der Waals surface area contributed by atoms with Crippen molar-refractivity contribution in [2.24, 2.45) is 17.8 Å². The Morgan fingerprint density at radius 2 is 0.767 bits per heavy atom. The second kappa shape index (κ2) is 11.1. The number of nitrogens with zero attached hydrogens (tertiary/aromatic N) is 3. The molecule has 0 bridgehead atoms. The summed E-state index contributed by atoms with van der Waals surface area (Å²) in [6.45, 7) is 24.2. The van der Waals surface area contributed by atoms with Gasteiger partial charge in [-0.15, -0.1) is 0 Å². The summed E-state index contributed by atoms with van der Waals surface area (Å²) < 4.78 is 0. The minimum absolute atomic E-state index is 0.117. The van der Waals surface area contributed by atoms with Crippen LogP contribution < -0.4 is 0 Å². The molecule has 30 heavy (non-hydrogen) atoms. The lowest BCUT2D eigenvalue weighted by atomic mass is 10.0. The quantitative estimate of drug-likeness (QED) is 0.529. The van der Waals surface area contributed by atoms with Crippen molar-refractivity contribution in [1.82, 2.24) is 14.7 Å². The van der Waals surface area contributed by atoms with Crippen molar-refractivity contribution < 1.29 is 14.4 Å². The monoisotopic (exact) mass is 417 g/mol. The summed E-state index contributed by atoms with van der Waals surface area (Å²) in [5, 5.41) is 0. The van der Waals surface area contributed by atoms with Crippen molar-refractivity contribution in [2.45, 2.75) is 60.8 Å². The van der Waals surface area contributed by atoms with Gasteiger partial charge >= 0.3 is 0 Å². The average Bonchev–Trinajstić information content (AvgIpc) is 2.63. The molecule has 0 aromatic carbocycles. The molecule has 6 nitrogen and oxygen atoms in total. The Morgan fingerprint density at radius 3 is 0.933 bits per heavy atom. The van der Waals surface area contributed by atoms with Crippen molar-refractivity contribution in [3.63, 3.8) is 0 Å². The number of hydrogen-bond acceptors (Lipinski definition) is 3. The molecule has 1 heterocycles. The molecule has 0 saturated carbocycles. The molecule has 6 heteroatoms. The lowest BCUT2D eigenvalue weighted by Gasteiger charge is -2.43. The van der Waals surface area contributed by atoms with Crippen LogP contribution in [0, 0.1) is 17.8 Å². The van der Waals surface area contributed by atoms with Crippen LogP contribution in [0.3, 0.4) is 0 Å². The molecule has 0 spiro atoms. The summed E-state index contributed by atoms with van der Waals surface area (Å²) in [5.41, 5.74) is 1.44. The third kappa shape index (κ3) is 7.47. The third-order valence-electron chi connectivity index (χ3n) is 4.76. The highest BCUT2D eigenvalue weighted by Crippen LogP contribution is 2.21. The molecule has 1 aliphatic heterocycles. The third-order valence-corrected chi connectivity index (χ3v) is 4.76. The fourth-order valence-corrected chi connectivity index (χ4v) is 3.55. The van der Waals surface area contributed by atoms with Gasteiger partial charge in [-0.25, -0.2) is 0 Å². The van der Waals surface area contributed by atoms with Crippen molar-refractivity contribution in [1.29, 1.82) is 0 Å². The van der Waals surface area contributed by atoms with Gasteiger partial charge in [0.15, 0.2) is 0 Å². The lowest BCUT2D eigenvalue weighted by molar-refractivity contribution is -0.153. The zero-order valence-electron chi connectivity index (χ0n) is 19.7. The van der Waals surface area contributed by atoms with Gasteiger partial charge in [-0.2, -0.15) is 0 Å². The van der Waals surface area contributed by atoms with Crippen molar-refractivity contribution >= 4 is 17.7 Å². The minimum Gasteiger partial charge on any atom is -0.303 e. The maximum absolute atomic E-state index is 13.0. The first-order valence-corrected chi connectivity index (χ1v) is 10.7. The fraction of sp³-hybridized carbons (Fsp3) is 0.625. The fourth-order valence-electron chi connectivity index (χ4n) is 3.55. The summed E-state index contributed by atoms with van der Waals surface area (Å²) in [4.78, 5) is 43.4. The molecule has 1 saturated heterocycles. The van der Waals surface area contributed by atoms with Crippen LogP contribution in [0.15, 0.2) is 36.5 Å². The Hall–Kier alpha value is -2.37. The summed E-state index contributed by atoms with van der Waals surface area (Å²) >= 11 is 0. The Kier molecular flexibility index (Phi) is 9.53. The van der Waals surface area contributed by atoms with E-state index in [1.54, 1.807) is 0 Å². The largest absolute Gasteiger partial charge is 0.303 e. The van der Waals surface area contributed by atoms with Gasteiger partial charge in [-0.3, -0.25) is 14.4 Å². The van der Waals surface area contributed by atoms with Gasteiger partial charge in [0.2, 0.25) is 0 Å². The predicted molar refractivity (Wildman–Crippen MR) is 121 cm³/mol. The van der Waals surface area contributed by atoms with Gasteiger partial charge in [0.25, 0.3) is 17.7 Å². The van der Waals surface area contributed by atoms with Crippen LogP contribution in [-0.2, 0) is 14.4 Å². The van der Waals surface area contributed by atoms with E-state index in [2.05, 4.69) is 19.7 Å². The topological polar surface area (TPSA) is 60.9 Å². The first kappa shape index (κ1) is 25.7. The van der Waals surface area contributed by atoms with Gasteiger partial charge < -0.3 is 14.7 Å². The van der Waals surface area contributed by atoms with E-state index in [4.69, 9.17) is 0 Å². The highest BCUT2D eigenvalue weighted by molar-refractivity contribution is 5.97. The average molecular weight is 418 g/mol. The van der Waals surface area contributed by atoms with Crippen LogP contribution in [-0.4, -0.2) is 52.4 Å². The summed E-state index contributed by atoms with van der Waals surface area (Å²) in [6.07, 6.45) is 1.70. The number of amides is 3. The summed E-state index contributed by atoms with van der Waals surface area (Å²) in [7, 11) is 0. The van der Waals surface area contributed by atoms with Crippen molar-refractivity contribution in [2.75, 3.05) is 20.0 Å². The standard InChI is InChI=1S/C24H39N3O3/c1-16(2)10-19(7)22(28)25-13-26(23(29)20(8)11-17(3)4)15-27(14-25)24(30)21(9)12-18(5)6/h16-18H,7-15H2,1-6H3. The summed E-state index contributed by atoms with van der Waals surface area (Å²) in [5.74, 6) is 0.170. The number of carbonyl (C=O) groups excluding carboxylic acids is 3. The Balaban J connectivity index is 3.09. The Morgan fingerprint density at radius 1 is 0.567 bits per heavy atom. The highest BCUT2D eigenvalue weighted by atomic mass is 16.2. The van der Waals surface area contributed by atoms with E-state index >= 15 is 0 Å². The van der Waals surface area contributed by atoms with E-state index in [-0.39, 0.29) is 37.7 Å². The predicted octanol–water partition coefficient (Wildman–Crippen LogP) is 4.17. The van der Waals surface area contributed by atoms with Crippen LogP contribution in [0.25, 0.3) is 0 Å². The van der Waals surface area contributed by atoms with Crippen LogP contribution in [0.2, 0.25) is 0 Å². The van der Waals surface area contributed by atoms with Gasteiger partial charge in [0.05, 0.1) is 20.0 Å².